The van der Waals surface area contributed by atoms with Gasteiger partial charge in [0.15, 0.2) is 5.75 Å². The quantitative estimate of drug-likeness (QED) is 0.812. The van der Waals surface area contributed by atoms with Crippen LogP contribution in [0.1, 0.15) is 23.1 Å². The topological polar surface area (TPSA) is 40.2 Å². The third-order valence-corrected chi connectivity index (χ3v) is 3.87. The SMILES string of the molecule is [O]c1ccc2c(c1)CCC(=O)N2Cc1ccc(C(F)(F)F)cc1. The predicted molar refractivity (Wildman–Crippen MR) is 77.5 cm³/mol. The molecular weight excluding hydrogens is 307 g/mol. The van der Waals surface area contributed by atoms with Crippen LogP contribution in [-0.2, 0) is 29.0 Å². The van der Waals surface area contributed by atoms with Gasteiger partial charge in [0.1, 0.15) is 0 Å². The molecule has 6 heteroatoms. The van der Waals surface area contributed by atoms with Crippen LogP contribution in [0.2, 0.25) is 0 Å². The number of carbonyl (C=O) groups is 1. The predicted octanol–water partition coefficient (Wildman–Crippen LogP) is 4.33. The maximum Gasteiger partial charge on any atom is 0.416 e. The molecule has 23 heavy (non-hydrogen) atoms. The first-order valence-corrected chi connectivity index (χ1v) is 7.11. The van der Waals surface area contributed by atoms with E-state index in [1.165, 1.54) is 29.2 Å². The number of aryl methyl sites for hydroxylation is 1. The van der Waals surface area contributed by atoms with Crippen molar-refractivity contribution in [1.29, 1.82) is 0 Å². The van der Waals surface area contributed by atoms with Gasteiger partial charge in [-0.25, -0.2) is 0 Å². The zero-order valence-electron chi connectivity index (χ0n) is 12.1. The molecule has 1 aliphatic heterocycles. The lowest BCUT2D eigenvalue weighted by molar-refractivity contribution is -0.137. The van der Waals surface area contributed by atoms with Gasteiger partial charge in [-0.3, -0.25) is 9.90 Å². The number of alkyl halides is 3. The fraction of sp³-hybridized carbons (Fsp3) is 0.235. The molecule has 0 aromatic heterocycles. The molecule has 0 spiro atoms. The first kappa shape index (κ1) is 15.4. The van der Waals surface area contributed by atoms with Crippen LogP contribution in [0.25, 0.3) is 0 Å². The number of nitrogens with zero attached hydrogens (tertiary/aromatic N) is 1. The Labute approximate surface area is 131 Å². The highest BCUT2D eigenvalue weighted by Crippen LogP contribution is 2.33. The Bertz CT molecular complexity index is 738. The monoisotopic (exact) mass is 320 g/mol. The van der Waals surface area contributed by atoms with Gasteiger partial charge >= 0.3 is 6.18 Å². The van der Waals surface area contributed by atoms with Gasteiger partial charge in [-0.2, -0.15) is 13.2 Å². The van der Waals surface area contributed by atoms with Gasteiger partial charge in [-0.15, -0.1) is 0 Å². The number of anilines is 1. The van der Waals surface area contributed by atoms with Crippen LogP contribution < -0.4 is 4.90 Å². The van der Waals surface area contributed by atoms with E-state index in [0.717, 1.165) is 17.7 Å². The zero-order chi connectivity index (χ0) is 16.6. The average molecular weight is 320 g/mol. The highest BCUT2D eigenvalue weighted by Gasteiger charge is 2.30. The number of rotatable bonds is 2. The van der Waals surface area contributed by atoms with E-state index in [1.54, 1.807) is 6.07 Å². The normalized spacial score (nSPS) is 14.7. The van der Waals surface area contributed by atoms with Gasteiger partial charge in [-0.1, -0.05) is 12.1 Å². The molecule has 1 aliphatic rings. The molecule has 119 valence electrons. The Morgan fingerprint density at radius 1 is 1.00 bits per heavy atom. The van der Waals surface area contributed by atoms with Crippen molar-refractivity contribution in [2.75, 3.05) is 4.90 Å². The Morgan fingerprint density at radius 2 is 1.70 bits per heavy atom. The third-order valence-electron chi connectivity index (χ3n) is 3.87. The standard InChI is InChI=1S/C17H13F3NO2/c18-17(19,20)13-4-1-11(2-5-13)10-21-15-7-6-14(22)9-12(15)3-8-16(21)23/h1-2,4-7,9H,3,8,10H2. The van der Waals surface area contributed by atoms with E-state index in [2.05, 4.69) is 0 Å². The molecule has 0 saturated carbocycles. The second-order valence-electron chi connectivity index (χ2n) is 5.47. The highest BCUT2D eigenvalue weighted by molar-refractivity contribution is 5.96. The summed E-state index contributed by atoms with van der Waals surface area (Å²) in [5, 5.41) is 11.4. The van der Waals surface area contributed by atoms with Gasteiger partial charge in [-0.05, 0) is 47.9 Å². The lowest BCUT2D eigenvalue weighted by Gasteiger charge is -2.29. The van der Waals surface area contributed by atoms with E-state index < -0.39 is 11.7 Å². The Balaban J connectivity index is 1.87. The minimum absolute atomic E-state index is 0.101. The van der Waals surface area contributed by atoms with Crippen LogP contribution in [0.5, 0.6) is 5.75 Å². The van der Waals surface area contributed by atoms with Crippen LogP contribution in [0, 0.1) is 0 Å². The smallest absolute Gasteiger partial charge is 0.308 e. The van der Waals surface area contributed by atoms with Gasteiger partial charge in [0.05, 0.1) is 12.1 Å². The number of benzene rings is 2. The number of halogens is 3. The largest absolute Gasteiger partial charge is 0.416 e. The zero-order valence-corrected chi connectivity index (χ0v) is 12.1. The average Bonchev–Trinajstić information content (AvgIpc) is 2.50. The van der Waals surface area contributed by atoms with E-state index >= 15 is 0 Å². The second-order valence-corrected chi connectivity index (χ2v) is 5.47. The van der Waals surface area contributed by atoms with Crippen molar-refractivity contribution in [1.82, 2.24) is 0 Å². The van der Waals surface area contributed by atoms with E-state index in [0.29, 0.717) is 17.7 Å². The lowest BCUT2D eigenvalue weighted by Crippen LogP contribution is -2.34. The Hall–Kier alpha value is -2.50. The van der Waals surface area contributed by atoms with Crippen LogP contribution in [0.3, 0.4) is 0 Å². The van der Waals surface area contributed by atoms with Crippen molar-refractivity contribution < 1.29 is 23.1 Å². The molecule has 2 aromatic rings. The number of hydrogen-bond acceptors (Lipinski definition) is 1. The van der Waals surface area contributed by atoms with E-state index in [4.69, 9.17) is 0 Å². The number of fused-ring (bicyclic) bond motifs is 1. The van der Waals surface area contributed by atoms with Crippen molar-refractivity contribution in [2.24, 2.45) is 0 Å². The molecule has 0 fully saturated rings. The fourth-order valence-corrected chi connectivity index (χ4v) is 2.69. The molecule has 0 unspecified atom stereocenters. The van der Waals surface area contributed by atoms with Gasteiger partial charge in [0.25, 0.3) is 0 Å². The van der Waals surface area contributed by atoms with Crippen molar-refractivity contribution in [3.05, 3.63) is 59.2 Å². The van der Waals surface area contributed by atoms with Crippen molar-refractivity contribution in [3.8, 4) is 5.75 Å². The minimum Gasteiger partial charge on any atom is -0.308 e. The van der Waals surface area contributed by atoms with Gasteiger partial charge < -0.3 is 4.90 Å². The second kappa shape index (κ2) is 5.61. The van der Waals surface area contributed by atoms with Gasteiger partial charge in [0, 0.05) is 12.1 Å². The maximum atomic E-state index is 12.6. The Kier molecular flexibility index (Phi) is 3.75. The summed E-state index contributed by atoms with van der Waals surface area (Å²) in [4.78, 5) is 13.7. The minimum atomic E-state index is -4.38. The maximum absolute atomic E-state index is 12.6. The van der Waals surface area contributed by atoms with Crippen LogP contribution in [-0.4, -0.2) is 5.91 Å². The van der Waals surface area contributed by atoms with E-state index in [-0.39, 0.29) is 24.6 Å². The molecule has 0 aliphatic carbocycles. The fourth-order valence-electron chi connectivity index (χ4n) is 2.69. The highest BCUT2D eigenvalue weighted by atomic mass is 19.4. The van der Waals surface area contributed by atoms with E-state index in [1.807, 2.05) is 0 Å². The number of hydrogen-bond donors (Lipinski definition) is 0. The van der Waals surface area contributed by atoms with Gasteiger partial charge in [0.2, 0.25) is 5.91 Å². The lowest BCUT2D eigenvalue weighted by atomic mass is 10.00. The molecule has 1 amide bonds. The molecule has 0 bridgehead atoms. The molecule has 0 N–H and O–H groups in total. The van der Waals surface area contributed by atoms with E-state index in [9.17, 15) is 23.1 Å². The summed E-state index contributed by atoms with van der Waals surface area (Å²) in [6, 6.07) is 9.23. The summed E-state index contributed by atoms with van der Waals surface area (Å²) >= 11 is 0. The van der Waals surface area contributed by atoms with Crippen molar-refractivity contribution >= 4 is 11.6 Å². The summed E-state index contributed by atoms with van der Waals surface area (Å²) in [5.74, 6) is -0.219. The van der Waals surface area contributed by atoms with Crippen LogP contribution >= 0.6 is 0 Å². The molecule has 0 saturated heterocycles. The molecule has 1 radical (unpaired) electrons. The summed E-state index contributed by atoms with van der Waals surface area (Å²) < 4.78 is 37.7. The molecule has 2 aromatic carbocycles. The van der Waals surface area contributed by atoms with Crippen molar-refractivity contribution in [2.45, 2.75) is 25.6 Å². The summed E-state index contributed by atoms with van der Waals surface area (Å²) in [6.45, 7) is 0.183. The number of carbonyl (C=O) groups excluding carboxylic acids is 1. The van der Waals surface area contributed by atoms with Crippen molar-refractivity contribution in [3.63, 3.8) is 0 Å². The molecule has 1 heterocycles. The molecule has 0 atom stereocenters. The number of amides is 1. The summed E-state index contributed by atoms with van der Waals surface area (Å²) in [6.07, 6.45) is -3.58. The summed E-state index contributed by atoms with van der Waals surface area (Å²) in [7, 11) is 0. The van der Waals surface area contributed by atoms with Crippen LogP contribution in [0.4, 0.5) is 18.9 Å². The summed E-state index contributed by atoms with van der Waals surface area (Å²) in [5.41, 5.74) is 1.33. The molecule has 3 rings (SSSR count). The first-order chi connectivity index (χ1) is 10.8. The van der Waals surface area contributed by atoms with Crippen LogP contribution in [0.15, 0.2) is 42.5 Å². The Morgan fingerprint density at radius 3 is 2.35 bits per heavy atom. The third kappa shape index (κ3) is 3.16. The first-order valence-electron chi connectivity index (χ1n) is 7.11. The molecule has 3 nitrogen and oxygen atoms in total. The molecular formula is C17H13F3NO2.